The minimum Gasteiger partial charge on any atom is -0.438 e. The van der Waals surface area contributed by atoms with E-state index < -0.39 is 23.9 Å². The highest BCUT2D eigenvalue weighted by Gasteiger charge is 2.36. The fourth-order valence-corrected chi connectivity index (χ4v) is 2.21. The summed E-state index contributed by atoms with van der Waals surface area (Å²) < 4.78 is 34.1. The summed E-state index contributed by atoms with van der Waals surface area (Å²) >= 11 is 0. The van der Waals surface area contributed by atoms with E-state index in [4.69, 9.17) is 18.9 Å². The maximum absolute atomic E-state index is 11.4. The molecule has 0 bridgehead atoms. The van der Waals surface area contributed by atoms with Gasteiger partial charge in [0.1, 0.15) is 19.8 Å². The molecule has 0 aliphatic carbocycles. The molecule has 0 saturated carbocycles. The predicted octanol–water partition coefficient (Wildman–Crippen LogP) is 2.93. The molecule has 0 fully saturated rings. The summed E-state index contributed by atoms with van der Waals surface area (Å²) in [7, 11) is 3.47. The number of carbonyl (C=O) groups is 3. The normalized spacial score (nSPS) is 10.6. The van der Waals surface area contributed by atoms with Crippen LogP contribution in [0.1, 0.15) is 12.0 Å². The number of carbonyl (C=O) groups excluding carboxylic acids is 3. The smallest absolute Gasteiger partial charge is 0.438 e. The van der Waals surface area contributed by atoms with Crippen LogP contribution in [-0.4, -0.2) is 66.2 Å². The lowest BCUT2D eigenvalue weighted by molar-refractivity contribution is -0.0621. The molecule has 0 atom stereocenters. The topological polar surface area (TPSA) is 116 Å². The Labute approximate surface area is 168 Å². The maximum atomic E-state index is 11.4. The van der Waals surface area contributed by atoms with E-state index in [0.717, 1.165) is 26.9 Å². The van der Waals surface area contributed by atoms with Gasteiger partial charge in [-0.05, 0) is 12.0 Å². The first-order chi connectivity index (χ1) is 13.9. The van der Waals surface area contributed by atoms with Crippen LogP contribution >= 0.6 is 0 Å². The molecule has 0 saturated heterocycles. The summed E-state index contributed by atoms with van der Waals surface area (Å²) in [5.41, 5.74) is -0.131. The van der Waals surface area contributed by atoms with Crippen molar-refractivity contribution >= 4 is 18.5 Å². The Kier molecular flexibility index (Phi) is 10.9. The van der Waals surface area contributed by atoms with Crippen LogP contribution in [0.3, 0.4) is 0 Å². The van der Waals surface area contributed by atoms with Crippen LogP contribution in [0.4, 0.5) is 14.4 Å². The Balaban J connectivity index is 2.80. The van der Waals surface area contributed by atoms with E-state index in [1.54, 1.807) is 0 Å². The molecule has 0 unspecified atom stereocenters. The van der Waals surface area contributed by atoms with E-state index in [-0.39, 0.29) is 32.8 Å². The highest BCUT2D eigenvalue weighted by molar-refractivity contribution is 5.60. The summed E-state index contributed by atoms with van der Waals surface area (Å²) in [6, 6.07) is 9.50. The Morgan fingerprint density at radius 1 is 0.759 bits per heavy atom. The van der Waals surface area contributed by atoms with Gasteiger partial charge in [-0.25, -0.2) is 14.4 Å². The van der Waals surface area contributed by atoms with Gasteiger partial charge < -0.3 is 33.2 Å². The van der Waals surface area contributed by atoms with Gasteiger partial charge >= 0.3 is 18.5 Å². The van der Waals surface area contributed by atoms with Crippen molar-refractivity contribution in [1.29, 1.82) is 0 Å². The number of ether oxygens (including phenoxy) is 7. The standard InChI is InChI=1S/C19H26O10/c1-23-16(20)27-12-19(13-28-17(21)24-2,14-29-18(22)25-3)9-10-26-11-15-7-5-4-6-8-15/h4-8H,9-14H2,1-3H3. The van der Waals surface area contributed by atoms with Crippen molar-refractivity contribution in [2.45, 2.75) is 13.0 Å². The molecule has 0 aromatic heterocycles. The molecule has 0 aliphatic rings. The number of hydrogen-bond acceptors (Lipinski definition) is 10. The largest absolute Gasteiger partial charge is 0.508 e. The van der Waals surface area contributed by atoms with Crippen molar-refractivity contribution in [3.8, 4) is 0 Å². The van der Waals surface area contributed by atoms with Crippen LogP contribution in [0.15, 0.2) is 30.3 Å². The van der Waals surface area contributed by atoms with Crippen molar-refractivity contribution in [3.05, 3.63) is 35.9 Å². The second-order valence-corrected chi connectivity index (χ2v) is 6.02. The first kappa shape index (κ1) is 24.0. The highest BCUT2D eigenvalue weighted by Crippen LogP contribution is 2.26. The SMILES string of the molecule is COC(=O)OCC(CCOCc1ccccc1)(COC(=O)OC)COC(=O)OC. The predicted molar refractivity (Wildman–Crippen MR) is 98.2 cm³/mol. The van der Waals surface area contributed by atoms with Gasteiger partial charge in [-0.3, -0.25) is 0 Å². The van der Waals surface area contributed by atoms with Gasteiger partial charge in [0.15, 0.2) is 0 Å². The van der Waals surface area contributed by atoms with E-state index in [1.807, 2.05) is 30.3 Å². The van der Waals surface area contributed by atoms with Crippen LogP contribution < -0.4 is 0 Å². The van der Waals surface area contributed by atoms with Crippen molar-refractivity contribution < 1.29 is 47.5 Å². The molecule has 0 spiro atoms. The Morgan fingerprint density at radius 2 is 1.21 bits per heavy atom. The average molecular weight is 414 g/mol. The van der Waals surface area contributed by atoms with E-state index in [2.05, 4.69) is 14.2 Å². The van der Waals surface area contributed by atoms with Crippen molar-refractivity contribution in [1.82, 2.24) is 0 Å². The third-order valence-corrected chi connectivity index (χ3v) is 3.88. The van der Waals surface area contributed by atoms with Gasteiger partial charge in [0, 0.05) is 6.61 Å². The molecular formula is C19H26O10. The summed E-state index contributed by atoms with van der Waals surface area (Å²) in [4.78, 5) is 34.3. The summed E-state index contributed by atoms with van der Waals surface area (Å²) in [6.07, 6.45) is -2.58. The molecule has 29 heavy (non-hydrogen) atoms. The number of methoxy groups -OCH3 is 3. The quantitative estimate of drug-likeness (QED) is 0.304. The number of hydrogen-bond donors (Lipinski definition) is 0. The van der Waals surface area contributed by atoms with Crippen molar-refractivity contribution in [2.24, 2.45) is 5.41 Å². The summed E-state index contributed by atoms with van der Waals surface area (Å²) in [5.74, 6) is 0. The molecule has 0 radical (unpaired) electrons. The van der Waals surface area contributed by atoms with Gasteiger partial charge in [0.2, 0.25) is 0 Å². The first-order valence-corrected chi connectivity index (χ1v) is 8.68. The molecule has 1 aromatic carbocycles. The van der Waals surface area contributed by atoms with Crippen molar-refractivity contribution in [3.63, 3.8) is 0 Å². The lowest BCUT2D eigenvalue weighted by Gasteiger charge is -2.31. The van der Waals surface area contributed by atoms with Crippen LogP contribution in [0, 0.1) is 5.41 Å². The third kappa shape index (κ3) is 9.65. The molecule has 1 rings (SSSR count). The molecule has 162 valence electrons. The maximum Gasteiger partial charge on any atom is 0.508 e. The number of rotatable bonds is 11. The van der Waals surface area contributed by atoms with Gasteiger partial charge in [0.25, 0.3) is 0 Å². The van der Waals surface area contributed by atoms with E-state index in [0.29, 0.717) is 6.61 Å². The molecule has 10 heteroatoms. The third-order valence-electron chi connectivity index (χ3n) is 3.88. The fraction of sp³-hybridized carbons (Fsp3) is 0.526. The van der Waals surface area contributed by atoms with Crippen molar-refractivity contribution in [2.75, 3.05) is 47.8 Å². The lowest BCUT2D eigenvalue weighted by Crippen LogP contribution is -2.40. The Morgan fingerprint density at radius 3 is 1.62 bits per heavy atom. The van der Waals surface area contributed by atoms with E-state index >= 15 is 0 Å². The van der Waals surface area contributed by atoms with Crippen LogP contribution in [0.25, 0.3) is 0 Å². The molecule has 0 aliphatic heterocycles. The molecule has 0 N–H and O–H groups in total. The zero-order valence-corrected chi connectivity index (χ0v) is 16.7. The zero-order chi connectivity index (χ0) is 21.5. The molecule has 1 aromatic rings. The minimum atomic E-state index is -1.10. The fourth-order valence-electron chi connectivity index (χ4n) is 2.21. The lowest BCUT2D eigenvalue weighted by atomic mass is 9.87. The Bertz CT molecular complexity index is 581. The van der Waals surface area contributed by atoms with Crippen LogP contribution in [-0.2, 0) is 39.8 Å². The molecular weight excluding hydrogens is 388 g/mol. The van der Waals surface area contributed by atoms with Gasteiger partial charge in [-0.2, -0.15) is 0 Å². The average Bonchev–Trinajstić information content (AvgIpc) is 2.77. The van der Waals surface area contributed by atoms with E-state index in [9.17, 15) is 14.4 Å². The number of benzene rings is 1. The summed E-state index contributed by atoms with van der Waals surface area (Å²) in [6.45, 7) is -0.230. The van der Waals surface area contributed by atoms with E-state index in [1.165, 1.54) is 0 Å². The van der Waals surface area contributed by atoms with Gasteiger partial charge in [0.05, 0.1) is 33.4 Å². The zero-order valence-electron chi connectivity index (χ0n) is 16.7. The Hall–Kier alpha value is -3.01. The minimum absolute atomic E-state index is 0.203. The highest BCUT2D eigenvalue weighted by atomic mass is 16.7. The molecule has 10 nitrogen and oxygen atoms in total. The second kappa shape index (κ2) is 13.2. The first-order valence-electron chi connectivity index (χ1n) is 8.68. The van der Waals surface area contributed by atoms with Gasteiger partial charge in [-0.15, -0.1) is 0 Å². The van der Waals surface area contributed by atoms with Gasteiger partial charge in [-0.1, -0.05) is 30.3 Å². The van der Waals surface area contributed by atoms with Crippen LogP contribution in [0.5, 0.6) is 0 Å². The second-order valence-electron chi connectivity index (χ2n) is 6.02. The summed E-state index contributed by atoms with van der Waals surface area (Å²) in [5, 5.41) is 0. The van der Waals surface area contributed by atoms with Crippen LogP contribution in [0.2, 0.25) is 0 Å². The molecule has 0 amide bonds. The monoisotopic (exact) mass is 414 g/mol. The molecule has 0 heterocycles.